The zero-order chi connectivity index (χ0) is 10.8. The lowest BCUT2D eigenvalue weighted by Gasteiger charge is -2.30. The second kappa shape index (κ2) is 4.27. The Labute approximate surface area is 88.5 Å². The van der Waals surface area contributed by atoms with Crippen LogP contribution in [0, 0.1) is 17.6 Å². The predicted octanol–water partition coefficient (Wildman–Crippen LogP) is 2.68. The van der Waals surface area contributed by atoms with Gasteiger partial charge in [-0.3, -0.25) is 0 Å². The van der Waals surface area contributed by atoms with Crippen molar-refractivity contribution in [1.29, 1.82) is 0 Å². The van der Waals surface area contributed by atoms with Crippen LogP contribution in [-0.2, 0) is 0 Å². The highest BCUT2D eigenvalue weighted by atomic mass is 19.1. The Balaban J connectivity index is 2.30. The molecule has 0 saturated carbocycles. The second-order valence-electron chi connectivity index (χ2n) is 4.24. The van der Waals surface area contributed by atoms with Crippen LogP contribution in [-0.4, -0.2) is 13.1 Å². The molecule has 1 aliphatic rings. The van der Waals surface area contributed by atoms with E-state index >= 15 is 0 Å². The Bertz CT molecular complexity index is 351. The fourth-order valence-electron chi connectivity index (χ4n) is 2.27. The highest BCUT2D eigenvalue weighted by Gasteiger charge is 2.25. The summed E-state index contributed by atoms with van der Waals surface area (Å²) in [5.74, 6) is -0.135. The van der Waals surface area contributed by atoms with Gasteiger partial charge in [0.15, 0.2) is 0 Å². The maximum absolute atomic E-state index is 13.5. The van der Waals surface area contributed by atoms with Gasteiger partial charge >= 0.3 is 0 Å². The van der Waals surface area contributed by atoms with Crippen molar-refractivity contribution in [2.75, 3.05) is 13.1 Å². The number of hydrogen-bond donors (Lipinski definition) is 1. The minimum atomic E-state index is -0.350. The standard InChI is InChI=1S/C12H15F2N/c1-8-7-15-5-4-10(8)11-6-9(13)2-3-12(11)14/h2-3,6,8,10,15H,4-5,7H2,1H3. The summed E-state index contributed by atoms with van der Waals surface area (Å²) in [5.41, 5.74) is 0.531. The molecular weight excluding hydrogens is 196 g/mol. The van der Waals surface area contributed by atoms with E-state index in [9.17, 15) is 8.78 Å². The molecule has 1 N–H and O–H groups in total. The van der Waals surface area contributed by atoms with Crippen molar-refractivity contribution in [2.24, 2.45) is 5.92 Å². The number of rotatable bonds is 1. The monoisotopic (exact) mass is 211 g/mol. The first kappa shape index (κ1) is 10.6. The Kier molecular flexibility index (Phi) is 3.00. The van der Waals surface area contributed by atoms with Crippen LogP contribution in [0.5, 0.6) is 0 Å². The molecule has 15 heavy (non-hydrogen) atoms. The third-order valence-electron chi connectivity index (χ3n) is 3.14. The average Bonchev–Trinajstić information content (AvgIpc) is 2.23. The normalized spacial score (nSPS) is 26.6. The molecule has 82 valence electrons. The lowest BCUT2D eigenvalue weighted by molar-refractivity contribution is 0.340. The van der Waals surface area contributed by atoms with E-state index in [1.165, 1.54) is 18.2 Å². The topological polar surface area (TPSA) is 12.0 Å². The van der Waals surface area contributed by atoms with Gasteiger partial charge in [-0.2, -0.15) is 0 Å². The number of halogens is 2. The molecule has 0 spiro atoms. The van der Waals surface area contributed by atoms with E-state index in [0.29, 0.717) is 11.5 Å². The smallest absolute Gasteiger partial charge is 0.126 e. The molecular formula is C12H15F2N. The highest BCUT2D eigenvalue weighted by molar-refractivity contribution is 5.24. The molecule has 0 radical (unpaired) electrons. The molecule has 2 unspecified atom stereocenters. The maximum Gasteiger partial charge on any atom is 0.126 e. The van der Waals surface area contributed by atoms with Gasteiger partial charge in [-0.05, 0) is 55.1 Å². The fraction of sp³-hybridized carbons (Fsp3) is 0.500. The molecule has 1 aliphatic heterocycles. The Morgan fingerprint density at radius 1 is 1.33 bits per heavy atom. The van der Waals surface area contributed by atoms with Crippen LogP contribution in [0.25, 0.3) is 0 Å². The number of nitrogens with one attached hydrogen (secondary N) is 1. The third kappa shape index (κ3) is 2.17. The molecule has 0 amide bonds. The van der Waals surface area contributed by atoms with Crippen LogP contribution in [0.3, 0.4) is 0 Å². The van der Waals surface area contributed by atoms with Crippen LogP contribution in [0.1, 0.15) is 24.8 Å². The maximum atomic E-state index is 13.5. The number of piperidine rings is 1. The van der Waals surface area contributed by atoms with Crippen molar-refractivity contribution in [2.45, 2.75) is 19.3 Å². The van der Waals surface area contributed by atoms with Crippen LogP contribution in [0.2, 0.25) is 0 Å². The van der Waals surface area contributed by atoms with E-state index in [4.69, 9.17) is 0 Å². The van der Waals surface area contributed by atoms with Gasteiger partial charge in [0.25, 0.3) is 0 Å². The summed E-state index contributed by atoms with van der Waals surface area (Å²) in [7, 11) is 0. The Hall–Kier alpha value is -0.960. The van der Waals surface area contributed by atoms with E-state index in [1.54, 1.807) is 0 Å². The summed E-state index contributed by atoms with van der Waals surface area (Å²) < 4.78 is 26.6. The van der Waals surface area contributed by atoms with Gasteiger partial charge in [0, 0.05) is 0 Å². The van der Waals surface area contributed by atoms with Gasteiger partial charge in [0.05, 0.1) is 0 Å². The van der Waals surface area contributed by atoms with Crippen molar-refractivity contribution >= 4 is 0 Å². The largest absolute Gasteiger partial charge is 0.316 e. The molecule has 1 aromatic carbocycles. The molecule has 1 saturated heterocycles. The van der Waals surface area contributed by atoms with E-state index in [0.717, 1.165) is 19.5 Å². The number of benzene rings is 1. The zero-order valence-corrected chi connectivity index (χ0v) is 8.76. The molecule has 0 bridgehead atoms. The van der Waals surface area contributed by atoms with Gasteiger partial charge in [-0.25, -0.2) is 8.78 Å². The van der Waals surface area contributed by atoms with E-state index in [1.807, 2.05) is 0 Å². The lowest BCUT2D eigenvalue weighted by Crippen LogP contribution is -2.34. The molecule has 0 aliphatic carbocycles. The van der Waals surface area contributed by atoms with Crippen molar-refractivity contribution in [3.05, 3.63) is 35.4 Å². The van der Waals surface area contributed by atoms with Gasteiger partial charge in [-0.1, -0.05) is 6.92 Å². The quantitative estimate of drug-likeness (QED) is 0.753. The van der Waals surface area contributed by atoms with E-state index in [-0.39, 0.29) is 17.6 Å². The summed E-state index contributed by atoms with van der Waals surface area (Å²) in [6, 6.07) is 3.73. The molecule has 1 nitrogen and oxygen atoms in total. The van der Waals surface area contributed by atoms with Crippen LogP contribution in [0.4, 0.5) is 8.78 Å². The third-order valence-corrected chi connectivity index (χ3v) is 3.14. The van der Waals surface area contributed by atoms with E-state index in [2.05, 4.69) is 12.2 Å². The molecule has 0 aromatic heterocycles. The zero-order valence-electron chi connectivity index (χ0n) is 8.76. The minimum absolute atomic E-state index is 0.141. The summed E-state index contributed by atoms with van der Waals surface area (Å²) >= 11 is 0. The van der Waals surface area contributed by atoms with Crippen LogP contribution in [0.15, 0.2) is 18.2 Å². The van der Waals surface area contributed by atoms with E-state index < -0.39 is 0 Å². The second-order valence-corrected chi connectivity index (χ2v) is 4.24. The fourth-order valence-corrected chi connectivity index (χ4v) is 2.27. The molecule has 2 rings (SSSR count). The van der Waals surface area contributed by atoms with Gasteiger partial charge in [-0.15, -0.1) is 0 Å². The highest BCUT2D eigenvalue weighted by Crippen LogP contribution is 2.31. The SMILES string of the molecule is CC1CNCCC1c1cc(F)ccc1F. The first-order chi connectivity index (χ1) is 7.18. The van der Waals surface area contributed by atoms with Crippen molar-refractivity contribution in [1.82, 2.24) is 5.32 Å². The molecule has 2 atom stereocenters. The van der Waals surface area contributed by atoms with Gasteiger partial charge in [0.1, 0.15) is 11.6 Å². The van der Waals surface area contributed by atoms with Gasteiger partial charge < -0.3 is 5.32 Å². The summed E-state index contributed by atoms with van der Waals surface area (Å²) in [6.45, 7) is 3.83. The Morgan fingerprint density at radius 3 is 2.87 bits per heavy atom. The Morgan fingerprint density at radius 2 is 2.13 bits per heavy atom. The molecule has 3 heteroatoms. The van der Waals surface area contributed by atoms with Crippen LogP contribution >= 0.6 is 0 Å². The molecule has 1 fully saturated rings. The van der Waals surface area contributed by atoms with Crippen molar-refractivity contribution < 1.29 is 8.78 Å². The first-order valence-electron chi connectivity index (χ1n) is 5.34. The molecule has 1 aromatic rings. The number of hydrogen-bond acceptors (Lipinski definition) is 1. The predicted molar refractivity (Wildman–Crippen MR) is 55.7 cm³/mol. The van der Waals surface area contributed by atoms with Crippen molar-refractivity contribution in [3.8, 4) is 0 Å². The van der Waals surface area contributed by atoms with Crippen molar-refractivity contribution in [3.63, 3.8) is 0 Å². The average molecular weight is 211 g/mol. The summed E-state index contributed by atoms with van der Waals surface area (Å²) in [6.07, 6.45) is 0.877. The summed E-state index contributed by atoms with van der Waals surface area (Å²) in [5, 5.41) is 3.25. The summed E-state index contributed by atoms with van der Waals surface area (Å²) in [4.78, 5) is 0. The van der Waals surface area contributed by atoms with Gasteiger partial charge in [0.2, 0.25) is 0 Å². The minimum Gasteiger partial charge on any atom is -0.316 e. The molecule has 1 heterocycles. The van der Waals surface area contributed by atoms with Crippen LogP contribution < -0.4 is 5.32 Å². The first-order valence-corrected chi connectivity index (χ1v) is 5.34. The lowest BCUT2D eigenvalue weighted by atomic mass is 9.82.